The largest absolute Gasteiger partial charge is 0.416 e. The smallest absolute Gasteiger partial charge is 0.325 e. The van der Waals surface area contributed by atoms with Gasteiger partial charge in [0.05, 0.1) is 11.3 Å². The van der Waals surface area contributed by atoms with Gasteiger partial charge in [0.25, 0.3) is 0 Å². The van der Waals surface area contributed by atoms with E-state index in [1.54, 1.807) is 0 Å². The predicted octanol–water partition coefficient (Wildman–Crippen LogP) is 4.42. The normalized spacial score (nSPS) is 11.3. The molecule has 146 valence electrons. The number of halogens is 3. The van der Waals surface area contributed by atoms with E-state index in [-0.39, 0.29) is 23.3 Å². The second-order valence-electron chi connectivity index (χ2n) is 5.44. The van der Waals surface area contributed by atoms with Crippen LogP contribution >= 0.6 is 23.1 Å². The van der Waals surface area contributed by atoms with Gasteiger partial charge in [-0.3, -0.25) is 9.59 Å². The average molecular weight is 418 g/mol. The number of nitrogens with one attached hydrogen (secondary N) is 2. The monoisotopic (exact) mass is 418 g/mol. The Labute approximate surface area is 161 Å². The van der Waals surface area contributed by atoms with E-state index in [2.05, 4.69) is 20.8 Å². The van der Waals surface area contributed by atoms with Gasteiger partial charge in [-0.05, 0) is 30.7 Å². The first-order chi connectivity index (χ1) is 12.8. The molecule has 6 nitrogen and oxygen atoms in total. The Morgan fingerprint density at radius 2 is 1.81 bits per heavy atom. The van der Waals surface area contributed by atoms with Gasteiger partial charge in [0.1, 0.15) is 0 Å². The third kappa shape index (κ3) is 7.18. The first-order valence-electron chi connectivity index (χ1n) is 8.01. The topological polar surface area (TPSA) is 84.0 Å². The van der Waals surface area contributed by atoms with Gasteiger partial charge < -0.3 is 10.6 Å². The van der Waals surface area contributed by atoms with Crippen LogP contribution in [0.5, 0.6) is 0 Å². The zero-order valence-corrected chi connectivity index (χ0v) is 15.9. The number of unbranched alkanes of at least 4 members (excludes halogenated alkanes) is 1. The highest BCUT2D eigenvalue weighted by Crippen LogP contribution is 2.30. The molecule has 0 saturated heterocycles. The molecule has 0 bridgehead atoms. The quantitative estimate of drug-likeness (QED) is 0.490. The lowest BCUT2D eigenvalue weighted by atomic mass is 10.2. The number of hydrogen-bond acceptors (Lipinski definition) is 6. The molecule has 1 heterocycles. The summed E-state index contributed by atoms with van der Waals surface area (Å²) in [4.78, 5) is 23.5. The Kier molecular flexibility index (Phi) is 7.60. The molecule has 0 atom stereocenters. The van der Waals surface area contributed by atoms with E-state index >= 15 is 0 Å². The highest BCUT2D eigenvalue weighted by atomic mass is 32.2. The lowest BCUT2D eigenvalue weighted by Crippen LogP contribution is -2.14. The van der Waals surface area contributed by atoms with E-state index in [9.17, 15) is 22.8 Å². The number of amides is 2. The van der Waals surface area contributed by atoms with Gasteiger partial charge in [-0.1, -0.05) is 36.4 Å². The Bertz CT molecular complexity index is 779. The van der Waals surface area contributed by atoms with Crippen molar-refractivity contribution >= 4 is 45.7 Å². The Hall–Kier alpha value is -2.14. The van der Waals surface area contributed by atoms with Crippen LogP contribution in [0.3, 0.4) is 0 Å². The van der Waals surface area contributed by atoms with Gasteiger partial charge in [0, 0.05) is 12.1 Å². The minimum atomic E-state index is -4.42. The SMILES string of the molecule is CCCCC(=O)Nc1nnc(SCC(=O)Nc2ccc(C(F)(F)F)cc2)s1. The molecule has 0 unspecified atom stereocenters. The molecule has 1 aromatic carbocycles. The van der Waals surface area contributed by atoms with Crippen LogP contribution in [-0.4, -0.2) is 27.8 Å². The summed E-state index contributed by atoms with van der Waals surface area (Å²) < 4.78 is 38.0. The van der Waals surface area contributed by atoms with Crippen LogP contribution in [0.25, 0.3) is 0 Å². The van der Waals surface area contributed by atoms with Crippen molar-refractivity contribution in [3.05, 3.63) is 29.8 Å². The Morgan fingerprint density at radius 3 is 2.44 bits per heavy atom. The van der Waals surface area contributed by atoms with Crippen LogP contribution in [0.15, 0.2) is 28.6 Å². The molecule has 2 N–H and O–H groups in total. The molecule has 2 aromatic rings. The molecular formula is C16H17F3N4O2S2. The number of aromatic nitrogens is 2. The van der Waals surface area contributed by atoms with Crippen LogP contribution in [0.2, 0.25) is 0 Å². The van der Waals surface area contributed by atoms with Gasteiger partial charge in [0.2, 0.25) is 16.9 Å². The summed E-state index contributed by atoms with van der Waals surface area (Å²) in [6.45, 7) is 1.99. The lowest BCUT2D eigenvalue weighted by Gasteiger charge is -2.08. The molecule has 2 rings (SSSR count). The summed E-state index contributed by atoms with van der Waals surface area (Å²) in [5.41, 5.74) is -0.507. The number of rotatable bonds is 8. The van der Waals surface area contributed by atoms with Crippen molar-refractivity contribution in [3.63, 3.8) is 0 Å². The number of alkyl halides is 3. The zero-order valence-electron chi connectivity index (χ0n) is 14.3. The fraction of sp³-hybridized carbons (Fsp3) is 0.375. The lowest BCUT2D eigenvalue weighted by molar-refractivity contribution is -0.137. The summed E-state index contributed by atoms with van der Waals surface area (Å²) in [7, 11) is 0. The molecular weight excluding hydrogens is 401 g/mol. The van der Waals surface area contributed by atoms with Crippen molar-refractivity contribution in [1.29, 1.82) is 0 Å². The minimum Gasteiger partial charge on any atom is -0.325 e. The third-order valence-electron chi connectivity index (χ3n) is 3.23. The molecule has 1 aromatic heterocycles. The van der Waals surface area contributed by atoms with Crippen LogP contribution in [-0.2, 0) is 15.8 Å². The minimum absolute atomic E-state index is 0.0133. The first kappa shape index (κ1) is 21.2. The van der Waals surface area contributed by atoms with Crippen LogP contribution in [0.4, 0.5) is 24.0 Å². The van der Waals surface area contributed by atoms with E-state index in [1.807, 2.05) is 6.92 Å². The van der Waals surface area contributed by atoms with Crippen molar-refractivity contribution in [2.45, 2.75) is 36.7 Å². The highest BCUT2D eigenvalue weighted by molar-refractivity contribution is 8.01. The first-order valence-corrected chi connectivity index (χ1v) is 9.81. The maximum absolute atomic E-state index is 12.5. The highest BCUT2D eigenvalue weighted by Gasteiger charge is 2.29. The summed E-state index contributed by atoms with van der Waals surface area (Å²) in [6, 6.07) is 4.20. The van der Waals surface area contributed by atoms with Gasteiger partial charge in [-0.2, -0.15) is 13.2 Å². The fourth-order valence-electron chi connectivity index (χ4n) is 1.90. The molecule has 0 aliphatic carbocycles. The summed E-state index contributed by atoms with van der Waals surface area (Å²) in [5, 5.41) is 13.2. The number of benzene rings is 1. The van der Waals surface area contributed by atoms with Crippen molar-refractivity contribution in [2.75, 3.05) is 16.4 Å². The summed E-state index contributed by atoms with van der Waals surface area (Å²) in [5.74, 6) is -0.507. The predicted molar refractivity (Wildman–Crippen MR) is 98.9 cm³/mol. The van der Waals surface area contributed by atoms with E-state index in [4.69, 9.17) is 0 Å². The maximum Gasteiger partial charge on any atom is 0.416 e. The molecule has 11 heteroatoms. The van der Waals surface area contributed by atoms with Crippen LogP contribution in [0, 0.1) is 0 Å². The van der Waals surface area contributed by atoms with Crippen molar-refractivity contribution < 1.29 is 22.8 Å². The molecule has 2 amide bonds. The van der Waals surface area contributed by atoms with Crippen LogP contribution < -0.4 is 10.6 Å². The molecule has 0 fully saturated rings. The zero-order chi connectivity index (χ0) is 19.9. The van der Waals surface area contributed by atoms with Gasteiger partial charge in [-0.25, -0.2) is 0 Å². The van der Waals surface area contributed by atoms with Crippen molar-refractivity contribution in [1.82, 2.24) is 10.2 Å². The van der Waals surface area contributed by atoms with Gasteiger partial charge >= 0.3 is 6.18 Å². The number of carbonyl (C=O) groups excluding carboxylic acids is 2. The van der Waals surface area contributed by atoms with Crippen molar-refractivity contribution in [3.8, 4) is 0 Å². The fourth-order valence-corrected chi connectivity index (χ4v) is 3.47. The van der Waals surface area contributed by atoms with Gasteiger partial charge in [0.15, 0.2) is 4.34 Å². The molecule has 0 aliphatic rings. The standard InChI is InChI=1S/C16H17F3N4O2S2/c1-2-3-4-12(24)21-14-22-23-15(27-14)26-9-13(25)20-11-7-5-10(6-8-11)16(17,18)19/h5-8H,2-4,9H2,1H3,(H,20,25)(H,21,22,24). The van der Waals surface area contributed by atoms with E-state index in [0.717, 1.165) is 48.1 Å². The molecule has 27 heavy (non-hydrogen) atoms. The number of anilines is 2. The van der Waals surface area contributed by atoms with E-state index in [0.29, 0.717) is 15.9 Å². The van der Waals surface area contributed by atoms with Gasteiger partial charge in [-0.15, -0.1) is 10.2 Å². The molecule has 0 radical (unpaired) electrons. The van der Waals surface area contributed by atoms with Crippen molar-refractivity contribution in [2.24, 2.45) is 0 Å². The maximum atomic E-state index is 12.5. The number of carbonyl (C=O) groups is 2. The number of hydrogen-bond donors (Lipinski definition) is 2. The second-order valence-corrected chi connectivity index (χ2v) is 7.64. The van der Waals surface area contributed by atoms with E-state index in [1.165, 1.54) is 12.1 Å². The number of nitrogens with zero attached hydrogens (tertiary/aromatic N) is 2. The molecule has 0 spiro atoms. The Balaban J connectivity index is 1.79. The average Bonchev–Trinajstić information content (AvgIpc) is 3.05. The molecule has 0 saturated carbocycles. The summed E-state index contributed by atoms with van der Waals surface area (Å²) >= 11 is 2.27. The Morgan fingerprint density at radius 1 is 1.11 bits per heavy atom. The van der Waals surface area contributed by atoms with E-state index < -0.39 is 11.7 Å². The third-order valence-corrected chi connectivity index (χ3v) is 5.20. The number of thioether (sulfide) groups is 1. The molecule has 0 aliphatic heterocycles. The van der Waals surface area contributed by atoms with Crippen LogP contribution in [0.1, 0.15) is 31.7 Å². The second kappa shape index (κ2) is 9.70. The summed E-state index contributed by atoms with van der Waals surface area (Å²) in [6.07, 6.45) is -2.30.